The number of rotatable bonds is 5. The van der Waals surface area contributed by atoms with Crippen molar-refractivity contribution in [1.82, 2.24) is 4.98 Å². The van der Waals surface area contributed by atoms with E-state index in [1.54, 1.807) is 6.92 Å². The second-order valence-electron chi connectivity index (χ2n) is 4.46. The van der Waals surface area contributed by atoms with Crippen LogP contribution in [0.25, 0.3) is 0 Å². The fourth-order valence-corrected chi connectivity index (χ4v) is 1.81. The van der Waals surface area contributed by atoms with Crippen LogP contribution in [0.2, 0.25) is 0 Å². The quantitative estimate of drug-likeness (QED) is 0.612. The normalized spacial score (nSPS) is 12.5. The summed E-state index contributed by atoms with van der Waals surface area (Å²) >= 11 is 0. The number of pyridine rings is 1. The molecule has 0 aliphatic carbocycles. The van der Waals surface area contributed by atoms with Crippen molar-refractivity contribution < 1.29 is 27.6 Å². The highest BCUT2D eigenvalue weighted by atomic mass is 19.4. The van der Waals surface area contributed by atoms with Gasteiger partial charge in [-0.15, -0.1) is 13.2 Å². The molecule has 6 nitrogen and oxygen atoms in total. The molecule has 1 aromatic heterocycles. The van der Waals surface area contributed by atoms with Crippen molar-refractivity contribution in [2.75, 3.05) is 0 Å². The van der Waals surface area contributed by atoms with Crippen LogP contribution in [-0.2, 0) is 0 Å². The minimum Gasteiger partial charge on any atom is -0.478 e. The van der Waals surface area contributed by atoms with Gasteiger partial charge in [-0.1, -0.05) is 12.1 Å². The largest absolute Gasteiger partial charge is 0.573 e. The summed E-state index contributed by atoms with van der Waals surface area (Å²) in [7, 11) is 0. The summed E-state index contributed by atoms with van der Waals surface area (Å²) in [5.41, 5.74) is 0.526. The van der Waals surface area contributed by atoms with E-state index in [-0.39, 0.29) is 11.5 Å². The monoisotopic (exact) mass is 328 g/mol. The smallest absolute Gasteiger partial charge is 0.478 e. The number of benzene rings is 1. The fourth-order valence-electron chi connectivity index (χ4n) is 1.81. The molecule has 0 amide bonds. The molecule has 0 saturated heterocycles. The van der Waals surface area contributed by atoms with E-state index in [0.717, 1.165) is 12.1 Å². The molecule has 0 radical (unpaired) electrons. The van der Waals surface area contributed by atoms with Gasteiger partial charge in [0.05, 0.1) is 0 Å². The van der Waals surface area contributed by atoms with Crippen molar-refractivity contribution >= 4 is 5.82 Å². The van der Waals surface area contributed by atoms with Gasteiger partial charge in [0.1, 0.15) is 18.1 Å². The Hall–Kier alpha value is -2.84. The summed E-state index contributed by atoms with van der Waals surface area (Å²) in [6, 6.07) is 7.92. The first-order chi connectivity index (χ1) is 10.8. The van der Waals surface area contributed by atoms with Gasteiger partial charge in [0, 0.05) is 0 Å². The van der Waals surface area contributed by atoms with Crippen molar-refractivity contribution in [3.8, 4) is 11.5 Å². The molecule has 9 heteroatoms. The Morgan fingerprint density at radius 3 is 2.43 bits per heavy atom. The lowest BCUT2D eigenvalue weighted by Gasteiger charge is -2.15. The van der Waals surface area contributed by atoms with Crippen LogP contribution in [0.4, 0.5) is 19.0 Å². The van der Waals surface area contributed by atoms with Crippen molar-refractivity contribution in [3.63, 3.8) is 0 Å². The number of hydrogen-bond acceptors (Lipinski definition) is 5. The third-order valence-electron chi connectivity index (χ3n) is 2.81. The van der Waals surface area contributed by atoms with Gasteiger partial charge in [0.2, 0.25) is 5.75 Å². The molecule has 0 aliphatic rings. The van der Waals surface area contributed by atoms with Crippen LogP contribution in [0.1, 0.15) is 18.6 Å². The Labute approximate surface area is 128 Å². The number of nitrogens with zero attached hydrogens (tertiary/aromatic N) is 2. The predicted molar refractivity (Wildman–Crippen MR) is 73.1 cm³/mol. The summed E-state index contributed by atoms with van der Waals surface area (Å²) in [5.74, 6) is -0.821. The van der Waals surface area contributed by atoms with Crippen molar-refractivity contribution in [3.05, 3.63) is 58.3 Å². The summed E-state index contributed by atoms with van der Waals surface area (Å²) in [6.45, 7) is 1.61. The lowest BCUT2D eigenvalue weighted by atomic mass is 10.1. The topological polar surface area (TPSA) is 74.5 Å². The molecule has 1 heterocycles. The Balaban J connectivity index is 2.12. The van der Waals surface area contributed by atoms with Gasteiger partial charge < -0.3 is 19.6 Å². The molecular formula is C14H11F3N2O4. The van der Waals surface area contributed by atoms with Crippen molar-refractivity contribution in [2.24, 2.45) is 0 Å². The second-order valence-corrected chi connectivity index (χ2v) is 4.46. The van der Waals surface area contributed by atoms with Gasteiger partial charge in [-0.3, -0.25) is 0 Å². The van der Waals surface area contributed by atoms with E-state index >= 15 is 0 Å². The Morgan fingerprint density at radius 2 is 1.87 bits per heavy atom. The molecule has 1 aromatic carbocycles. The highest BCUT2D eigenvalue weighted by molar-refractivity contribution is 5.39. The third-order valence-corrected chi connectivity index (χ3v) is 2.81. The zero-order valence-corrected chi connectivity index (χ0v) is 11.8. The summed E-state index contributed by atoms with van der Waals surface area (Å²) in [6.07, 6.45) is -4.13. The average molecular weight is 328 g/mol. The lowest BCUT2D eigenvalue weighted by molar-refractivity contribution is -0.390. The molecule has 2 rings (SSSR count). The van der Waals surface area contributed by atoms with E-state index < -0.39 is 23.2 Å². The van der Waals surface area contributed by atoms with Crippen LogP contribution in [-0.4, -0.2) is 16.3 Å². The lowest BCUT2D eigenvalue weighted by Crippen LogP contribution is -2.17. The van der Waals surface area contributed by atoms with Crippen LogP contribution in [0.15, 0.2) is 42.6 Å². The molecule has 0 saturated carbocycles. The van der Waals surface area contributed by atoms with Crippen LogP contribution < -0.4 is 9.47 Å². The van der Waals surface area contributed by atoms with Gasteiger partial charge in [-0.2, -0.15) is 0 Å². The summed E-state index contributed by atoms with van der Waals surface area (Å²) in [4.78, 5) is 13.8. The van der Waals surface area contributed by atoms with Crippen LogP contribution in [0.3, 0.4) is 0 Å². The minimum absolute atomic E-state index is 0.0272. The molecular weight excluding hydrogens is 317 g/mol. The Morgan fingerprint density at radius 1 is 1.22 bits per heavy atom. The van der Waals surface area contributed by atoms with E-state index in [9.17, 15) is 23.3 Å². The molecule has 2 aromatic rings. The van der Waals surface area contributed by atoms with Crippen molar-refractivity contribution in [1.29, 1.82) is 0 Å². The van der Waals surface area contributed by atoms with E-state index in [0.29, 0.717) is 5.56 Å². The maximum atomic E-state index is 12.1. The highest BCUT2D eigenvalue weighted by Crippen LogP contribution is 2.30. The summed E-state index contributed by atoms with van der Waals surface area (Å²) < 4.78 is 45.5. The van der Waals surface area contributed by atoms with E-state index in [1.807, 2.05) is 0 Å². The molecule has 23 heavy (non-hydrogen) atoms. The molecule has 0 spiro atoms. The average Bonchev–Trinajstić information content (AvgIpc) is 2.46. The van der Waals surface area contributed by atoms with Crippen molar-refractivity contribution in [2.45, 2.75) is 19.4 Å². The van der Waals surface area contributed by atoms with Gasteiger partial charge in [-0.05, 0) is 46.7 Å². The maximum Gasteiger partial charge on any atom is 0.573 e. The molecule has 0 aliphatic heterocycles. The maximum absolute atomic E-state index is 12.1. The zero-order valence-electron chi connectivity index (χ0n) is 11.8. The first kappa shape index (κ1) is 16.5. The predicted octanol–water partition coefficient (Wildman–Crippen LogP) is 4.03. The Bertz CT molecular complexity index is 689. The number of alkyl halides is 3. The standard InChI is InChI=1S/C14H11F3N2O4/c1-9(22-12-3-2-8-18-13(12)19(20)21)10-4-6-11(7-5-10)23-14(15,16)17/h2-9H,1H3. The number of halogens is 3. The van der Waals surface area contributed by atoms with Gasteiger partial charge >= 0.3 is 12.2 Å². The first-order valence-corrected chi connectivity index (χ1v) is 6.38. The number of hydrogen-bond donors (Lipinski definition) is 0. The van der Waals surface area contributed by atoms with Gasteiger partial charge in [0.15, 0.2) is 0 Å². The van der Waals surface area contributed by atoms with E-state index in [4.69, 9.17) is 4.74 Å². The van der Waals surface area contributed by atoms with Gasteiger partial charge in [0.25, 0.3) is 0 Å². The fraction of sp³-hybridized carbons (Fsp3) is 0.214. The highest BCUT2D eigenvalue weighted by Gasteiger charge is 2.31. The number of nitro groups is 1. The minimum atomic E-state index is -4.76. The number of ether oxygens (including phenoxy) is 2. The SMILES string of the molecule is CC(Oc1cccnc1[N+](=O)[O-])c1ccc(OC(F)(F)F)cc1. The Kier molecular flexibility index (Phi) is 4.68. The molecule has 0 bridgehead atoms. The second kappa shape index (κ2) is 6.51. The van der Waals surface area contributed by atoms with Gasteiger partial charge in [-0.25, -0.2) is 0 Å². The molecule has 122 valence electrons. The van der Waals surface area contributed by atoms with Crippen LogP contribution >= 0.6 is 0 Å². The first-order valence-electron chi connectivity index (χ1n) is 6.38. The molecule has 0 N–H and O–H groups in total. The van der Waals surface area contributed by atoms with Crippen LogP contribution in [0.5, 0.6) is 11.5 Å². The molecule has 1 atom stereocenters. The van der Waals surface area contributed by atoms with Crippen LogP contribution in [0, 0.1) is 10.1 Å². The van der Waals surface area contributed by atoms with E-state index in [1.165, 1.54) is 30.5 Å². The zero-order chi connectivity index (χ0) is 17.0. The molecule has 0 fully saturated rings. The molecule has 1 unspecified atom stereocenters. The third kappa shape index (κ3) is 4.56. The summed E-state index contributed by atoms with van der Waals surface area (Å²) in [5, 5.41) is 10.9. The number of aromatic nitrogens is 1. The van der Waals surface area contributed by atoms with E-state index in [2.05, 4.69) is 9.72 Å².